The minimum Gasteiger partial charge on any atom is -0.494 e. The van der Waals surface area contributed by atoms with Crippen LogP contribution in [0.1, 0.15) is 98.3 Å². The standard InChI is InChI=1S/C28H44N2O2/c1-5-6-7-8-9-10-13-21-32-27-29-22-25(23-30-27)24-15-17-26(18-16-24)31-20-14-11-12-19-28(2,3)4/h15-18,22-23H,5-14,19-21H2,1-4H3. The third-order valence-electron chi connectivity index (χ3n) is 5.63. The lowest BCUT2D eigenvalue weighted by molar-refractivity contribution is 0.281. The highest BCUT2D eigenvalue weighted by molar-refractivity contribution is 5.62. The van der Waals surface area contributed by atoms with Crippen LogP contribution >= 0.6 is 0 Å². The van der Waals surface area contributed by atoms with Crippen LogP contribution in [0, 0.1) is 5.41 Å². The van der Waals surface area contributed by atoms with Crippen molar-refractivity contribution in [3.05, 3.63) is 36.7 Å². The zero-order valence-electron chi connectivity index (χ0n) is 20.9. The Hall–Kier alpha value is -2.10. The molecule has 2 rings (SSSR count). The van der Waals surface area contributed by atoms with Crippen molar-refractivity contribution >= 4 is 0 Å². The topological polar surface area (TPSA) is 44.2 Å². The van der Waals surface area contributed by atoms with Crippen molar-refractivity contribution in [2.24, 2.45) is 5.41 Å². The number of aromatic nitrogens is 2. The molecule has 0 aliphatic rings. The quantitative estimate of drug-likeness (QED) is 0.246. The van der Waals surface area contributed by atoms with Gasteiger partial charge >= 0.3 is 6.01 Å². The van der Waals surface area contributed by atoms with Crippen molar-refractivity contribution in [3.63, 3.8) is 0 Å². The Bertz CT molecular complexity index is 721. The van der Waals surface area contributed by atoms with Crippen LogP contribution in [0.4, 0.5) is 0 Å². The third-order valence-corrected chi connectivity index (χ3v) is 5.63. The molecule has 0 amide bonds. The first kappa shape index (κ1) is 26.2. The predicted octanol–water partition coefficient (Wildman–Crippen LogP) is 8.26. The summed E-state index contributed by atoms with van der Waals surface area (Å²) in [5.41, 5.74) is 2.50. The first-order chi connectivity index (χ1) is 15.5. The number of ether oxygens (including phenoxy) is 2. The molecule has 1 aromatic heterocycles. The average molecular weight is 441 g/mol. The zero-order chi connectivity index (χ0) is 23.1. The zero-order valence-corrected chi connectivity index (χ0v) is 20.9. The van der Waals surface area contributed by atoms with E-state index < -0.39 is 0 Å². The Morgan fingerprint density at radius 3 is 1.84 bits per heavy atom. The molecule has 178 valence electrons. The molecule has 32 heavy (non-hydrogen) atoms. The lowest BCUT2D eigenvalue weighted by Crippen LogP contribution is -2.04. The van der Waals surface area contributed by atoms with Crippen LogP contribution in [-0.4, -0.2) is 23.2 Å². The second-order valence-corrected chi connectivity index (χ2v) is 9.97. The summed E-state index contributed by atoms with van der Waals surface area (Å²) in [5.74, 6) is 0.917. The Labute approximate surface area is 196 Å². The van der Waals surface area contributed by atoms with Gasteiger partial charge < -0.3 is 9.47 Å². The highest BCUT2D eigenvalue weighted by atomic mass is 16.5. The van der Waals surface area contributed by atoms with Crippen molar-refractivity contribution in [1.29, 1.82) is 0 Å². The molecule has 0 aliphatic heterocycles. The molecule has 0 atom stereocenters. The summed E-state index contributed by atoms with van der Waals surface area (Å²) in [6, 6.07) is 8.63. The summed E-state index contributed by atoms with van der Waals surface area (Å²) in [7, 11) is 0. The van der Waals surface area contributed by atoms with E-state index in [1.165, 1.54) is 57.8 Å². The molecule has 4 heteroatoms. The summed E-state index contributed by atoms with van der Waals surface area (Å²) in [5, 5.41) is 0. The van der Waals surface area contributed by atoms with E-state index in [1.807, 2.05) is 24.5 Å². The number of rotatable bonds is 16. The van der Waals surface area contributed by atoms with Crippen LogP contribution in [0.3, 0.4) is 0 Å². The fraction of sp³-hybridized carbons (Fsp3) is 0.643. The molecule has 0 N–H and O–H groups in total. The van der Waals surface area contributed by atoms with Crippen molar-refractivity contribution < 1.29 is 9.47 Å². The summed E-state index contributed by atoms with van der Waals surface area (Å²) in [4.78, 5) is 8.73. The molecule has 4 nitrogen and oxygen atoms in total. The number of hydrogen-bond acceptors (Lipinski definition) is 4. The minimum absolute atomic E-state index is 0.429. The molecule has 1 heterocycles. The van der Waals surface area contributed by atoms with Crippen LogP contribution in [0.5, 0.6) is 11.8 Å². The molecular weight excluding hydrogens is 396 g/mol. The van der Waals surface area contributed by atoms with E-state index in [2.05, 4.69) is 49.8 Å². The molecule has 0 bridgehead atoms. The smallest absolute Gasteiger partial charge is 0.316 e. The normalized spacial score (nSPS) is 11.5. The second kappa shape index (κ2) is 14.9. The van der Waals surface area contributed by atoms with E-state index in [0.29, 0.717) is 18.0 Å². The van der Waals surface area contributed by atoms with E-state index in [1.54, 1.807) is 0 Å². The van der Waals surface area contributed by atoms with Gasteiger partial charge in [0.15, 0.2) is 0 Å². The fourth-order valence-corrected chi connectivity index (χ4v) is 3.63. The maximum absolute atomic E-state index is 5.89. The van der Waals surface area contributed by atoms with Gasteiger partial charge in [-0.05, 0) is 42.4 Å². The lowest BCUT2D eigenvalue weighted by atomic mass is 9.89. The molecule has 0 saturated heterocycles. The minimum atomic E-state index is 0.429. The average Bonchev–Trinajstić information content (AvgIpc) is 2.78. The first-order valence-electron chi connectivity index (χ1n) is 12.7. The van der Waals surface area contributed by atoms with E-state index in [0.717, 1.165) is 36.3 Å². The number of unbranched alkanes of at least 4 members (excludes halogenated alkanes) is 8. The van der Waals surface area contributed by atoms with Crippen LogP contribution in [-0.2, 0) is 0 Å². The maximum Gasteiger partial charge on any atom is 0.316 e. The summed E-state index contributed by atoms with van der Waals surface area (Å²) >= 11 is 0. The van der Waals surface area contributed by atoms with Crippen molar-refractivity contribution in [2.75, 3.05) is 13.2 Å². The molecule has 0 unspecified atom stereocenters. The van der Waals surface area contributed by atoms with Gasteiger partial charge in [0.25, 0.3) is 0 Å². The van der Waals surface area contributed by atoms with Gasteiger partial charge in [0.2, 0.25) is 0 Å². The highest BCUT2D eigenvalue weighted by Gasteiger charge is 2.08. The third kappa shape index (κ3) is 11.5. The molecule has 1 aromatic carbocycles. The molecule has 0 radical (unpaired) electrons. The van der Waals surface area contributed by atoms with Gasteiger partial charge in [-0.15, -0.1) is 0 Å². The van der Waals surface area contributed by atoms with Gasteiger partial charge in [-0.1, -0.05) is 91.2 Å². The first-order valence-corrected chi connectivity index (χ1v) is 12.7. The van der Waals surface area contributed by atoms with Crippen LogP contribution in [0.15, 0.2) is 36.7 Å². The van der Waals surface area contributed by atoms with Gasteiger partial charge in [0, 0.05) is 18.0 Å². The van der Waals surface area contributed by atoms with E-state index >= 15 is 0 Å². The van der Waals surface area contributed by atoms with E-state index in [4.69, 9.17) is 9.47 Å². The number of hydrogen-bond donors (Lipinski definition) is 0. The van der Waals surface area contributed by atoms with Gasteiger partial charge in [0.1, 0.15) is 5.75 Å². The lowest BCUT2D eigenvalue weighted by Gasteiger charge is -2.17. The molecule has 2 aromatic rings. The SMILES string of the molecule is CCCCCCCCCOc1ncc(-c2ccc(OCCCCCC(C)(C)C)cc2)cn1. The van der Waals surface area contributed by atoms with Gasteiger partial charge in [-0.25, -0.2) is 9.97 Å². The molecular formula is C28H44N2O2. The predicted molar refractivity (Wildman–Crippen MR) is 134 cm³/mol. The maximum atomic E-state index is 5.89. The van der Waals surface area contributed by atoms with Crippen LogP contribution < -0.4 is 9.47 Å². The Balaban J connectivity index is 1.64. The summed E-state index contributed by atoms with van der Waals surface area (Å²) in [6.45, 7) is 10.6. The van der Waals surface area contributed by atoms with Gasteiger partial charge in [-0.3, -0.25) is 0 Å². The van der Waals surface area contributed by atoms with Crippen LogP contribution in [0.25, 0.3) is 11.1 Å². The van der Waals surface area contributed by atoms with E-state index in [-0.39, 0.29) is 0 Å². The number of benzene rings is 1. The Kier molecular flexibility index (Phi) is 12.2. The van der Waals surface area contributed by atoms with Gasteiger partial charge in [0.05, 0.1) is 13.2 Å². The van der Waals surface area contributed by atoms with E-state index in [9.17, 15) is 0 Å². The van der Waals surface area contributed by atoms with Crippen LogP contribution in [0.2, 0.25) is 0 Å². The fourth-order valence-electron chi connectivity index (χ4n) is 3.63. The second-order valence-electron chi connectivity index (χ2n) is 9.97. The molecule has 0 fully saturated rings. The van der Waals surface area contributed by atoms with Crippen molar-refractivity contribution in [3.8, 4) is 22.9 Å². The van der Waals surface area contributed by atoms with Gasteiger partial charge in [-0.2, -0.15) is 0 Å². The number of nitrogens with zero attached hydrogens (tertiary/aromatic N) is 2. The highest BCUT2D eigenvalue weighted by Crippen LogP contribution is 2.24. The molecule has 0 saturated carbocycles. The summed E-state index contributed by atoms with van der Waals surface area (Å²) < 4.78 is 11.6. The Morgan fingerprint density at radius 2 is 1.22 bits per heavy atom. The Morgan fingerprint density at radius 1 is 0.656 bits per heavy atom. The molecule has 0 spiro atoms. The van der Waals surface area contributed by atoms with Crippen molar-refractivity contribution in [1.82, 2.24) is 9.97 Å². The monoisotopic (exact) mass is 440 g/mol. The summed E-state index contributed by atoms with van der Waals surface area (Å²) in [6.07, 6.45) is 17.4. The molecule has 0 aliphatic carbocycles. The van der Waals surface area contributed by atoms with Crippen molar-refractivity contribution in [2.45, 2.75) is 98.3 Å². The largest absolute Gasteiger partial charge is 0.494 e.